The molecule has 6 nitrogen and oxygen atoms in total. The number of nitrogens with zero attached hydrogens (tertiary/aromatic N) is 2. The highest BCUT2D eigenvalue weighted by Crippen LogP contribution is 2.31. The van der Waals surface area contributed by atoms with Crippen molar-refractivity contribution in [2.45, 2.75) is 11.8 Å². The normalized spacial score (nSPS) is 15.4. The van der Waals surface area contributed by atoms with Crippen LogP contribution >= 0.6 is 11.6 Å². The summed E-state index contributed by atoms with van der Waals surface area (Å²) in [6.45, 7) is 6.98. The van der Waals surface area contributed by atoms with Gasteiger partial charge in [0.2, 0.25) is 0 Å². The molecule has 0 spiro atoms. The summed E-state index contributed by atoms with van der Waals surface area (Å²) in [4.78, 5) is 3.77. The minimum atomic E-state index is -3.83. The summed E-state index contributed by atoms with van der Waals surface area (Å²) in [6, 6.07) is 13.2. The smallest absolute Gasteiger partial charge is 0.262 e. The fraction of sp³-hybridized carbons (Fsp3) is 0.316. The zero-order valence-corrected chi connectivity index (χ0v) is 16.6. The molecule has 0 radical (unpaired) electrons. The topological polar surface area (TPSA) is 77.6 Å². The minimum absolute atomic E-state index is 0.0488. The molecule has 1 aliphatic heterocycles. The lowest BCUT2D eigenvalue weighted by atomic mass is 10.2. The molecular formula is C19H22ClN4O2S+. The van der Waals surface area contributed by atoms with E-state index in [-0.39, 0.29) is 4.90 Å². The van der Waals surface area contributed by atoms with E-state index in [1.165, 1.54) is 17.0 Å². The molecule has 0 unspecified atom stereocenters. The molecule has 142 valence electrons. The Morgan fingerprint density at radius 3 is 2.63 bits per heavy atom. The van der Waals surface area contributed by atoms with Crippen molar-refractivity contribution >= 4 is 33.0 Å². The summed E-state index contributed by atoms with van der Waals surface area (Å²) < 4.78 is 28.3. The van der Waals surface area contributed by atoms with Crippen molar-refractivity contribution in [2.24, 2.45) is 0 Å². The van der Waals surface area contributed by atoms with E-state index >= 15 is 0 Å². The number of sulfonamides is 1. The van der Waals surface area contributed by atoms with E-state index in [9.17, 15) is 8.42 Å². The quantitative estimate of drug-likeness (QED) is 0.794. The SMILES string of the molecule is CC[NH+]1CCN(c2ccc(Cl)cc2NS(=O)(=O)c2cccc(C#N)c2)CC1. The average molecular weight is 406 g/mol. The summed E-state index contributed by atoms with van der Waals surface area (Å²) in [5.74, 6) is 0. The van der Waals surface area contributed by atoms with Crippen molar-refractivity contribution in [1.29, 1.82) is 5.26 Å². The summed E-state index contributed by atoms with van der Waals surface area (Å²) in [6.07, 6.45) is 0. The van der Waals surface area contributed by atoms with Gasteiger partial charge in [-0.25, -0.2) is 8.42 Å². The number of nitrogens with one attached hydrogen (secondary N) is 2. The van der Waals surface area contributed by atoms with Gasteiger partial charge >= 0.3 is 0 Å². The summed E-state index contributed by atoms with van der Waals surface area (Å²) in [5, 5.41) is 9.48. The highest BCUT2D eigenvalue weighted by molar-refractivity contribution is 7.92. The van der Waals surface area contributed by atoms with Gasteiger partial charge in [0.1, 0.15) is 0 Å². The molecule has 0 aliphatic carbocycles. The summed E-state index contributed by atoms with van der Waals surface area (Å²) in [7, 11) is -3.83. The molecule has 1 fully saturated rings. The van der Waals surface area contributed by atoms with Crippen LogP contribution in [0.15, 0.2) is 47.4 Å². The Morgan fingerprint density at radius 1 is 1.22 bits per heavy atom. The molecule has 0 aromatic heterocycles. The van der Waals surface area contributed by atoms with Crippen molar-refractivity contribution in [2.75, 3.05) is 42.3 Å². The van der Waals surface area contributed by atoms with Gasteiger partial charge in [0, 0.05) is 5.02 Å². The lowest BCUT2D eigenvalue weighted by molar-refractivity contribution is -0.898. The number of piperazine rings is 1. The summed E-state index contributed by atoms with van der Waals surface area (Å²) >= 11 is 6.12. The Hall–Kier alpha value is -2.27. The lowest BCUT2D eigenvalue weighted by Crippen LogP contribution is -3.14. The molecule has 0 saturated carbocycles. The molecule has 1 heterocycles. The van der Waals surface area contributed by atoms with E-state index in [1.54, 1.807) is 24.3 Å². The van der Waals surface area contributed by atoms with Crippen LogP contribution in [0.1, 0.15) is 12.5 Å². The first-order valence-electron chi connectivity index (χ1n) is 8.84. The third kappa shape index (κ3) is 4.53. The number of halogens is 1. The maximum absolute atomic E-state index is 12.8. The standard InChI is InChI=1S/C19H21ClN4O2S/c1-2-23-8-10-24(11-9-23)19-7-6-16(20)13-18(19)22-27(25,26)17-5-3-4-15(12-17)14-21/h3-7,12-13,22H,2,8-11H2,1H3/p+1. The first kappa shape index (κ1) is 19.5. The van der Waals surface area contributed by atoms with Crippen LogP contribution in [0.4, 0.5) is 11.4 Å². The van der Waals surface area contributed by atoms with Gasteiger partial charge in [-0.05, 0) is 43.3 Å². The Kier molecular flexibility index (Phi) is 5.90. The highest BCUT2D eigenvalue weighted by atomic mass is 35.5. The Balaban J connectivity index is 1.90. The lowest BCUT2D eigenvalue weighted by Gasteiger charge is -2.34. The fourth-order valence-corrected chi connectivity index (χ4v) is 4.50. The maximum atomic E-state index is 12.8. The second-order valence-electron chi connectivity index (χ2n) is 6.50. The number of rotatable bonds is 5. The second-order valence-corrected chi connectivity index (χ2v) is 8.62. The van der Waals surface area contributed by atoms with Crippen LogP contribution in [0.25, 0.3) is 0 Å². The summed E-state index contributed by atoms with van der Waals surface area (Å²) in [5.41, 5.74) is 1.56. The van der Waals surface area contributed by atoms with Crippen molar-refractivity contribution in [3.63, 3.8) is 0 Å². The van der Waals surface area contributed by atoms with Gasteiger partial charge in [0.15, 0.2) is 0 Å². The predicted molar refractivity (Wildman–Crippen MR) is 107 cm³/mol. The average Bonchev–Trinajstić information content (AvgIpc) is 2.68. The van der Waals surface area contributed by atoms with Crippen molar-refractivity contribution in [3.8, 4) is 6.07 Å². The highest BCUT2D eigenvalue weighted by Gasteiger charge is 2.23. The van der Waals surface area contributed by atoms with Gasteiger partial charge in [-0.2, -0.15) is 5.26 Å². The van der Waals surface area contributed by atoms with Crippen LogP contribution < -0.4 is 14.5 Å². The third-order valence-corrected chi connectivity index (χ3v) is 6.39. The molecule has 1 aliphatic rings. The van der Waals surface area contributed by atoms with E-state index in [2.05, 4.69) is 16.5 Å². The van der Waals surface area contributed by atoms with Gasteiger partial charge in [0.05, 0.1) is 60.6 Å². The number of likely N-dealkylation sites (N-methyl/N-ethyl adjacent to an activating group) is 1. The molecule has 0 atom stereocenters. The Bertz CT molecular complexity index is 964. The molecule has 3 rings (SSSR count). The van der Waals surface area contributed by atoms with E-state index in [4.69, 9.17) is 16.9 Å². The van der Waals surface area contributed by atoms with Crippen LogP contribution in [0.2, 0.25) is 5.02 Å². The van der Waals surface area contributed by atoms with Gasteiger partial charge in [-0.1, -0.05) is 17.7 Å². The number of hydrogen-bond acceptors (Lipinski definition) is 4. The van der Waals surface area contributed by atoms with E-state index in [0.29, 0.717) is 16.3 Å². The number of quaternary nitrogens is 1. The van der Waals surface area contributed by atoms with Gasteiger partial charge in [-0.15, -0.1) is 0 Å². The monoisotopic (exact) mass is 405 g/mol. The van der Waals surface area contributed by atoms with Crippen LogP contribution in [-0.4, -0.2) is 41.1 Å². The van der Waals surface area contributed by atoms with E-state index in [1.807, 2.05) is 12.1 Å². The van der Waals surface area contributed by atoms with E-state index < -0.39 is 10.0 Å². The van der Waals surface area contributed by atoms with Crippen LogP contribution in [0.5, 0.6) is 0 Å². The Morgan fingerprint density at radius 2 is 1.96 bits per heavy atom. The number of benzene rings is 2. The zero-order chi connectivity index (χ0) is 19.4. The molecule has 2 aromatic carbocycles. The van der Waals surface area contributed by atoms with Gasteiger partial charge < -0.3 is 9.80 Å². The third-order valence-electron chi connectivity index (χ3n) is 4.79. The first-order chi connectivity index (χ1) is 12.9. The number of nitriles is 1. The molecule has 1 saturated heterocycles. The van der Waals surface area contributed by atoms with Crippen LogP contribution in [0, 0.1) is 11.3 Å². The van der Waals surface area contributed by atoms with Crippen molar-refractivity contribution in [1.82, 2.24) is 0 Å². The zero-order valence-electron chi connectivity index (χ0n) is 15.1. The second kappa shape index (κ2) is 8.17. The van der Waals surface area contributed by atoms with Crippen LogP contribution in [0.3, 0.4) is 0 Å². The molecular weight excluding hydrogens is 384 g/mol. The van der Waals surface area contributed by atoms with Gasteiger partial charge in [-0.3, -0.25) is 4.72 Å². The first-order valence-corrected chi connectivity index (χ1v) is 10.7. The van der Waals surface area contributed by atoms with Crippen molar-refractivity contribution < 1.29 is 13.3 Å². The number of anilines is 2. The van der Waals surface area contributed by atoms with E-state index in [0.717, 1.165) is 38.4 Å². The molecule has 27 heavy (non-hydrogen) atoms. The molecule has 2 N–H and O–H groups in total. The molecule has 8 heteroatoms. The molecule has 2 aromatic rings. The molecule has 0 bridgehead atoms. The Labute approximate surface area is 165 Å². The maximum Gasteiger partial charge on any atom is 0.262 e. The fourth-order valence-electron chi connectivity index (χ4n) is 3.22. The largest absolute Gasteiger partial charge is 0.359 e. The minimum Gasteiger partial charge on any atom is -0.359 e. The van der Waals surface area contributed by atoms with Crippen LogP contribution in [-0.2, 0) is 10.0 Å². The molecule has 0 amide bonds. The predicted octanol–water partition coefficient (Wildman–Crippen LogP) is 1.74. The number of hydrogen-bond donors (Lipinski definition) is 2. The van der Waals surface area contributed by atoms with Gasteiger partial charge in [0.25, 0.3) is 10.0 Å². The van der Waals surface area contributed by atoms with Crippen molar-refractivity contribution in [3.05, 3.63) is 53.1 Å².